The Bertz CT molecular complexity index is 1820. The van der Waals surface area contributed by atoms with Crippen LogP contribution in [0.3, 0.4) is 0 Å². The molecule has 0 aliphatic heterocycles. The first-order chi connectivity index (χ1) is 37.5. The van der Waals surface area contributed by atoms with E-state index in [1.165, 1.54) is 12.8 Å². The predicted octanol–water partition coefficient (Wildman–Crippen LogP) is 20.5. The molecule has 0 N–H and O–H groups in total. The summed E-state index contributed by atoms with van der Waals surface area (Å²) in [5, 5.41) is 0. The molecule has 0 saturated carbocycles. The van der Waals surface area contributed by atoms with Crippen molar-refractivity contribution in [2.75, 3.05) is 13.2 Å². The van der Waals surface area contributed by atoms with Crippen molar-refractivity contribution in [1.29, 1.82) is 0 Å². The van der Waals surface area contributed by atoms with E-state index in [0.29, 0.717) is 19.3 Å². The second-order valence-corrected chi connectivity index (χ2v) is 18.8. The maximum absolute atomic E-state index is 12.8. The van der Waals surface area contributed by atoms with Gasteiger partial charge >= 0.3 is 17.9 Å². The van der Waals surface area contributed by atoms with Gasteiger partial charge < -0.3 is 14.2 Å². The van der Waals surface area contributed by atoms with E-state index in [-0.39, 0.29) is 37.5 Å². The minimum Gasteiger partial charge on any atom is -0.462 e. The third-order valence-electron chi connectivity index (χ3n) is 11.6. The molecule has 0 amide bonds. The lowest BCUT2D eigenvalue weighted by Crippen LogP contribution is -2.30. The van der Waals surface area contributed by atoms with Crippen molar-refractivity contribution < 1.29 is 28.6 Å². The molecule has 0 aromatic heterocycles. The van der Waals surface area contributed by atoms with Crippen molar-refractivity contribution in [3.8, 4) is 0 Å². The zero-order valence-electron chi connectivity index (χ0n) is 48.2. The number of hydrogen-bond acceptors (Lipinski definition) is 6. The number of hydrogen-bond donors (Lipinski definition) is 0. The van der Waals surface area contributed by atoms with Gasteiger partial charge in [0.1, 0.15) is 13.2 Å². The summed E-state index contributed by atoms with van der Waals surface area (Å²) in [6, 6.07) is 0. The number of unbranched alkanes of at least 4 members (excludes halogenated alkanes) is 10. The van der Waals surface area contributed by atoms with E-state index in [0.717, 1.165) is 161 Å². The van der Waals surface area contributed by atoms with Gasteiger partial charge in [-0.05, 0) is 148 Å². The summed E-state index contributed by atoms with van der Waals surface area (Å²) in [6.07, 6.45) is 93.3. The molecule has 0 aromatic rings. The summed E-state index contributed by atoms with van der Waals surface area (Å²) in [5.41, 5.74) is 0. The standard InChI is InChI=1S/C70H106O6/c1-4-7-10-13-16-19-22-24-26-28-30-32-34-35-37-38-40-42-44-46-48-51-54-57-60-63-69(72)75-66-67(65-74-68(71)62-59-56-53-50-21-18-15-12-9-6-3)76-70(73)64-61-58-55-52-49-47-45-43-41-39-36-33-31-29-27-25-23-20-17-14-11-8-5-2/h7-8,10-12,15-17,19-20,24-27,30-33,35,37,39-42,45-48,52,55,67H,4-6,9,13-14,18,21-23,28-29,34,36,38,43-44,49-51,53-54,56-66H2,1-3H3/b10-7-,11-8-,15-12-,19-16-,20-17-,26-24-,27-25-,32-30-,33-31-,37-35-,41-39-,42-40-,47-45-,48-46-,55-52-. The first kappa shape index (κ1) is 70.5. The van der Waals surface area contributed by atoms with Crippen LogP contribution < -0.4 is 0 Å². The number of carbonyl (C=O) groups excluding carboxylic acids is 3. The summed E-state index contributed by atoms with van der Waals surface area (Å²) < 4.78 is 16.8. The van der Waals surface area contributed by atoms with E-state index < -0.39 is 6.10 Å². The quantitative estimate of drug-likeness (QED) is 0.0261. The normalized spacial score (nSPS) is 13.5. The van der Waals surface area contributed by atoms with E-state index in [9.17, 15) is 14.4 Å². The van der Waals surface area contributed by atoms with Gasteiger partial charge in [0.05, 0.1) is 0 Å². The minimum atomic E-state index is -0.837. The molecular formula is C70H106O6. The highest BCUT2D eigenvalue weighted by atomic mass is 16.6. The van der Waals surface area contributed by atoms with Crippen molar-refractivity contribution in [1.82, 2.24) is 0 Å². The molecule has 0 radical (unpaired) electrons. The second kappa shape index (κ2) is 62.1. The Morgan fingerprint density at radius 1 is 0.276 bits per heavy atom. The molecule has 0 bridgehead atoms. The summed E-state index contributed by atoms with van der Waals surface area (Å²) in [6.45, 7) is 6.24. The molecule has 0 aliphatic carbocycles. The monoisotopic (exact) mass is 1040 g/mol. The van der Waals surface area contributed by atoms with Gasteiger partial charge in [-0.3, -0.25) is 14.4 Å². The highest BCUT2D eigenvalue weighted by Crippen LogP contribution is 2.12. The average Bonchev–Trinajstić information content (AvgIpc) is 3.42. The number of esters is 3. The van der Waals surface area contributed by atoms with Crippen LogP contribution in [0.5, 0.6) is 0 Å². The van der Waals surface area contributed by atoms with E-state index >= 15 is 0 Å². The van der Waals surface area contributed by atoms with Crippen LogP contribution in [-0.2, 0) is 28.6 Å². The molecule has 0 aromatic carbocycles. The summed E-state index contributed by atoms with van der Waals surface area (Å²) in [5.74, 6) is -1.04. The van der Waals surface area contributed by atoms with Crippen molar-refractivity contribution in [2.24, 2.45) is 0 Å². The zero-order valence-corrected chi connectivity index (χ0v) is 48.2. The average molecular weight is 1040 g/mol. The highest BCUT2D eigenvalue weighted by Gasteiger charge is 2.19. The van der Waals surface area contributed by atoms with Crippen LogP contribution in [0.4, 0.5) is 0 Å². The molecule has 0 heterocycles. The Labute approximate surface area is 465 Å². The second-order valence-electron chi connectivity index (χ2n) is 18.8. The molecule has 0 aliphatic rings. The lowest BCUT2D eigenvalue weighted by Gasteiger charge is -2.18. The Kier molecular flexibility index (Phi) is 57.6. The lowest BCUT2D eigenvalue weighted by atomic mass is 10.1. The lowest BCUT2D eigenvalue weighted by molar-refractivity contribution is -0.167. The minimum absolute atomic E-state index is 0.126. The number of ether oxygens (including phenoxy) is 3. The molecule has 6 heteroatoms. The van der Waals surface area contributed by atoms with Gasteiger partial charge in [0.15, 0.2) is 6.10 Å². The van der Waals surface area contributed by atoms with E-state index in [1.807, 2.05) is 0 Å². The van der Waals surface area contributed by atoms with Crippen LogP contribution in [0.1, 0.15) is 220 Å². The van der Waals surface area contributed by atoms with Crippen molar-refractivity contribution in [2.45, 2.75) is 226 Å². The first-order valence-electron chi connectivity index (χ1n) is 29.8. The van der Waals surface area contributed by atoms with Crippen LogP contribution in [0, 0.1) is 0 Å². The van der Waals surface area contributed by atoms with Crippen LogP contribution >= 0.6 is 0 Å². The molecule has 0 rings (SSSR count). The summed E-state index contributed by atoms with van der Waals surface area (Å²) >= 11 is 0. The Hall–Kier alpha value is -5.49. The molecule has 76 heavy (non-hydrogen) atoms. The van der Waals surface area contributed by atoms with Crippen LogP contribution in [0.2, 0.25) is 0 Å². The van der Waals surface area contributed by atoms with Crippen molar-refractivity contribution in [3.63, 3.8) is 0 Å². The van der Waals surface area contributed by atoms with Crippen LogP contribution in [0.15, 0.2) is 182 Å². The maximum Gasteiger partial charge on any atom is 0.306 e. The third kappa shape index (κ3) is 59.4. The van der Waals surface area contributed by atoms with Gasteiger partial charge in [-0.2, -0.15) is 0 Å². The smallest absolute Gasteiger partial charge is 0.306 e. The summed E-state index contributed by atoms with van der Waals surface area (Å²) in [7, 11) is 0. The van der Waals surface area contributed by atoms with Gasteiger partial charge in [-0.15, -0.1) is 0 Å². The number of carbonyl (C=O) groups is 3. The van der Waals surface area contributed by atoms with Gasteiger partial charge in [0, 0.05) is 19.3 Å². The van der Waals surface area contributed by atoms with Crippen LogP contribution in [0.25, 0.3) is 0 Å². The maximum atomic E-state index is 12.8. The number of allylic oxidation sites excluding steroid dienone is 30. The molecule has 422 valence electrons. The predicted molar refractivity (Wildman–Crippen MR) is 329 cm³/mol. The van der Waals surface area contributed by atoms with Gasteiger partial charge in [0.2, 0.25) is 0 Å². The number of rotatable bonds is 51. The van der Waals surface area contributed by atoms with Crippen molar-refractivity contribution >= 4 is 17.9 Å². The largest absolute Gasteiger partial charge is 0.462 e. The van der Waals surface area contributed by atoms with E-state index in [1.54, 1.807) is 0 Å². The molecule has 0 spiro atoms. The SMILES string of the molecule is CC/C=C\C/C=C\C/C=C\C/C=C\C/C=C\C/C=C\C/C=C\CCCCCC(=O)OCC(COC(=O)CCCCCCC/C=C\CCC)OC(=O)CCC/C=C\C/C=C\C/C=C\C/C=C\C/C=C\C/C=C\C/C=C\CC. The summed E-state index contributed by atoms with van der Waals surface area (Å²) in [4.78, 5) is 38.1. The zero-order chi connectivity index (χ0) is 55.0. The molecule has 0 fully saturated rings. The molecule has 0 saturated heterocycles. The molecular weight excluding hydrogens is 937 g/mol. The molecule has 6 nitrogen and oxygen atoms in total. The van der Waals surface area contributed by atoms with Crippen LogP contribution in [-0.4, -0.2) is 37.2 Å². The molecule has 1 atom stereocenters. The Balaban J connectivity index is 4.51. The van der Waals surface area contributed by atoms with E-state index in [2.05, 4.69) is 203 Å². The molecule has 1 unspecified atom stereocenters. The first-order valence-corrected chi connectivity index (χ1v) is 29.8. The highest BCUT2D eigenvalue weighted by molar-refractivity contribution is 5.71. The fraction of sp³-hybridized carbons (Fsp3) is 0.529. The van der Waals surface area contributed by atoms with Crippen molar-refractivity contribution in [3.05, 3.63) is 182 Å². The topological polar surface area (TPSA) is 78.9 Å². The Morgan fingerprint density at radius 3 is 0.868 bits per heavy atom. The van der Waals surface area contributed by atoms with E-state index in [4.69, 9.17) is 14.2 Å². The van der Waals surface area contributed by atoms with Gasteiger partial charge in [-0.1, -0.05) is 235 Å². The third-order valence-corrected chi connectivity index (χ3v) is 11.6. The Morgan fingerprint density at radius 2 is 0.526 bits per heavy atom. The van der Waals surface area contributed by atoms with Gasteiger partial charge in [-0.25, -0.2) is 0 Å². The fourth-order valence-corrected chi connectivity index (χ4v) is 7.24. The van der Waals surface area contributed by atoms with Gasteiger partial charge in [0.25, 0.3) is 0 Å². The fourth-order valence-electron chi connectivity index (χ4n) is 7.24.